The maximum atomic E-state index is 12.5. The number of nitrogens with one attached hydrogen (secondary N) is 1. The Morgan fingerprint density at radius 3 is 2.79 bits per heavy atom. The van der Waals surface area contributed by atoms with Gasteiger partial charge in [-0.15, -0.1) is 11.3 Å². The molecule has 2 saturated heterocycles. The monoisotopic (exact) mass is 427 g/mol. The van der Waals surface area contributed by atoms with Gasteiger partial charge in [0, 0.05) is 11.8 Å². The lowest BCUT2D eigenvalue weighted by Crippen LogP contribution is -2.46. The predicted molar refractivity (Wildman–Crippen MR) is 94.6 cm³/mol. The number of carbonyl (C=O) groups is 4. The molecule has 3 heterocycles. The van der Waals surface area contributed by atoms with Gasteiger partial charge in [-0.05, 0) is 5.23 Å². The van der Waals surface area contributed by atoms with E-state index in [1.54, 1.807) is 6.92 Å². The molecule has 2 amide bonds. The third-order valence-corrected chi connectivity index (χ3v) is 4.64. The molecular weight excluding hydrogens is 410 g/mol. The number of amides is 2. The predicted octanol–water partition coefficient (Wildman–Crippen LogP) is -1.26. The van der Waals surface area contributed by atoms with Crippen molar-refractivity contribution in [2.45, 2.75) is 25.5 Å². The van der Waals surface area contributed by atoms with Gasteiger partial charge in [-0.25, -0.2) is 14.6 Å². The van der Waals surface area contributed by atoms with Crippen LogP contribution in [0.25, 0.3) is 0 Å². The van der Waals surface area contributed by atoms with Crippen molar-refractivity contribution in [2.75, 3.05) is 19.5 Å². The van der Waals surface area contributed by atoms with Crippen LogP contribution >= 0.6 is 11.3 Å². The molecular formula is C15H17N5O8S. The molecule has 13 nitrogen and oxygen atoms in total. The highest BCUT2D eigenvalue weighted by atomic mass is 32.1. The first kappa shape index (κ1) is 20.5. The van der Waals surface area contributed by atoms with E-state index in [2.05, 4.69) is 20.3 Å². The Bertz CT molecular complexity index is 871. The second kappa shape index (κ2) is 8.40. The van der Waals surface area contributed by atoms with Crippen LogP contribution in [-0.4, -0.2) is 65.5 Å². The summed E-state index contributed by atoms with van der Waals surface area (Å²) in [5.74, 6) is -3.54. The largest absolute Gasteiger partial charge is 0.450 e. The number of nitrogens with two attached hydrogens (primary N) is 1. The molecule has 2 unspecified atom stereocenters. The zero-order chi connectivity index (χ0) is 21.1. The third-order valence-electron chi connectivity index (χ3n) is 3.97. The number of rotatable bonds is 6. The van der Waals surface area contributed by atoms with Crippen LogP contribution in [0.2, 0.25) is 0 Å². The smallest absolute Gasteiger partial charge is 0.375 e. The Hall–Kier alpha value is -3.26. The van der Waals surface area contributed by atoms with Crippen molar-refractivity contribution in [3.63, 3.8) is 0 Å². The van der Waals surface area contributed by atoms with E-state index in [1.807, 2.05) is 0 Å². The molecule has 0 bridgehead atoms. The van der Waals surface area contributed by atoms with E-state index in [9.17, 15) is 19.2 Å². The summed E-state index contributed by atoms with van der Waals surface area (Å²) in [5.41, 5.74) is 5.52. The number of aromatic nitrogens is 1. The normalized spacial score (nSPS) is 24.4. The standard InChI is InChI=1S/C15H17N5O8S/c1-6-3-9(27-13(6)23)14(24)28-20-12(22)7(4-26-20)17-11(21)10(19-25-2)8-5-29-15(16)18-8/h5-7,9H,3-4H2,1-2H3,(H2,16,18)(H,17,21)/t6?,7-,9?/m0/s1. The molecule has 156 valence electrons. The van der Waals surface area contributed by atoms with Gasteiger partial charge in [-0.3, -0.25) is 14.4 Å². The summed E-state index contributed by atoms with van der Waals surface area (Å²) in [6.07, 6.45) is -0.994. The number of hydrogen-bond donors (Lipinski definition) is 2. The fourth-order valence-corrected chi connectivity index (χ4v) is 3.05. The molecule has 0 spiro atoms. The minimum Gasteiger partial charge on any atom is -0.450 e. The Labute approximate surface area is 167 Å². The van der Waals surface area contributed by atoms with Crippen LogP contribution in [0, 0.1) is 5.92 Å². The van der Waals surface area contributed by atoms with Gasteiger partial charge in [0.05, 0.1) is 5.92 Å². The van der Waals surface area contributed by atoms with Crippen LogP contribution < -0.4 is 11.1 Å². The number of oxime groups is 1. The molecule has 3 rings (SSSR count). The van der Waals surface area contributed by atoms with Crippen molar-refractivity contribution in [3.05, 3.63) is 11.1 Å². The topological polar surface area (TPSA) is 172 Å². The minimum absolute atomic E-state index is 0.132. The highest BCUT2D eigenvalue weighted by Crippen LogP contribution is 2.22. The van der Waals surface area contributed by atoms with Crippen LogP contribution in [0.3, 0.4) is 0 Å². The molecule has 0 saturated carbocycles. The highest BCUT2D eigenvalue weighted by Gasteiger charge is 2.42. The first-order valence-corrected chi connectivity index (χ1v) is 9.20. The summed E-state index contributed by atoms with van der Waals surface area (Å²) in [6, 6.07) is -1.15. The van der Waals surface area contributed by atoms with Crippen molar-refractivity contribution in [1.29, 1.82) is 0 Å². The van der Waals surface area contributed by atoms with E-state index in [0.717, 1.165) is 11.3 Å². The van der Waals surface area contributed by atoms with E-state index in [-0.39, 0.29) is 29.6 Å². The van der Waals surface area contributed by atoms with E-state index >= 15 is 0 Å². The number of cyclic esters (lactones) is 1. The molecule has 1 aromatic heterocycles. The summed E-state index contributed by atoms with van der Waals surface area (Å²) in [7, 11) is 1.24. The summed E-state index contributed by atoms with van der Waals surface area (Å²) in [6.45, 7) is 1.31. The summed E-state index contributed by atoms with van der Waals surface area (Å²) >= 11 is 1.10. The second-order valence-corrected chi connectivity index (χ2v) is 6.97. The molecule has 14 heteroatoms. The summed E-state index contributed by atoms with van der Waals surface area (Å²) < 4.78 is 4.86. The number of hydrogen-bond acceptors (Lipinski definition) is 12. The van der Waals surface area contributed by atoms with E-state index in [1.165, 1.54) is 12.5 Å². The van der Waals surface area contributed by atoms with Gasteiger partial charge in [-0.1, -0.05) is 12.1 Å². The second-order valence-electron chi connectivity index (χ2n) is 6.08. The molecule has 3 N–H and O–H groups in total. The van der Waals surface area contributed by atoms with Gasteiger partial charge >= 0.3 is 17.8 Å². The minimum atomic E-state index is -1.15. The van der Waals surface area contributed by atoms with Crippen molar-refractivity contribution >= 4 is 45.9 Å². The van der Waals surface area contributed by atoms with Crippen molar-refractivity contribution in [3.8, 4) is 0 Å². The fourth-order valence-electron chi connectivity index (χ4n) is 2.50. The average Bonchev–Trinajstić information content (AvgIpc) is 3.35. The van der Waals surface area contributed by atoms with Crippen molar-refractivity contribution in [1.82, 2.24) is 15.5 Å². The van der Waals surface area contributed by atoms with Crippen molar-refractivity contribution < 1.29 is 38.4 Å². The van der Waals surface area contributed by atoms with Crippen LogP contribution in [0.15, 0.2) is 10.5 Å². The fraction of sp³-hybridized carbons (Fsp3) is 0.467. The lowest BCUT2D eigenvalue weighted by atomic mass is 10.1. The number of anilines is 1. The Balaban J connectivity index is 1.59. The lowest BCUT2D eigenvalue weighted by Gasteiger charge is -2.15. The highest BCUT2D eigenvalue weighted by molar-refractivity contribution is 7.13. The van der Waals surface area contributed by atoms with E-state index < -0.39 is 41.8 Å². The first-order valence-electron chi connectivity index (χ1n) is 8.32. The number of carbonyl (C=O) groups excluding carboxylic acids is 4. The quantitative estimate of drug-likeness (QED) is 0.317. The molecule has 1 aromatic rings. The number of esters is 1. The summed E-state index contributed by atoms with van der Waals surface area (Å²) in [5, 5.41) is 8.05. The number of hydroxylamine groups is 2. The lowest BCUT2D eigenvalue weighted by molar-refractivity contribution is -0.306. The molecule has 29 heavy (non-hydrogen) atoms. The molecule has 2 aliphatic heterocycles. The van der Waals surface area contributed by atoms with Gasteiger partial charge in [0.2, 0.25) is 6.10 Å². The van der Waals surface area contributed by atoms with Crippen LogP contribution in [0.4, 0.5) is 5.13 Å². The third kappa shape index (κ3) is 4.43. The number of nitrogen functional groups attached to an aromatic ring is 1. The zero-order valence-electron chi connectivity index (χ0n) is 15.3. The van der Waals surface area contributed by atoms with Gasteiger partial charge in [-0.2, -0.15) is 0 Å². The van der Waals surface area contributed by atoms with E-state index in [0.29, 0.717) is 5.23 Å². The molecule has 0 radical (unpaired) electrons. The van der Waals surface area contributed by atoms with Crippen LogP contribution in [0.1, 0.15) is 19.0 Å². The zero-order valence-corrected chi connectivity index (χ0v) is 16.1. The van der Waals surface area contributed by atoms with Gasteiger partial charge in [0.25, 0.3) is 5.91 Å². The average molecular weight is 427 g/mol. The molecule has 0 aliphatic carbocycles. The van der Waals surface area contributed by atoms with Crippen LogP contribution in [-0.2, 0) is 38.4 Å². The van der Waals surface area contributed by atoms with Gasteiger partial charge in [0.1, 0.15) is 25.5 Å². The number of ether oxygens (including phenoxy) is 1. The first-order chi connectivity index (χ1) is 13.8. The number of thiazole rings is 1. The maximum absolute atomic E-state index is 12.5. The summed E-state index contributed by atoms with van der Waals surface area (Å²) in [4.78, 5) is 66.6. The van der Waals surface area contributed by atoms with Crippen molar-refractivity contribution in [2.24, 2.45) is 11.1 Å². The van der Waals surface area contributed by atoms with Gasteiger partial charge < -0.3 is 25.5 Å². The Morgan fingerprint density at radius 2 is 2.21 bits per heavy atom. The van der Waals surface area contributed by atoms with Crippen LogP contribution in [0.5, 0.6) is 0 Å². The van der Waals surface area contributed by atoms with Gasteiger partial charge in [0.15, 0.2) is 10.8 Å². The van der Waals surface area contributed by atoms with E-state index in [4.69, 9.17) is 20.1 Å². The Kier molecular flexibility index (Phi) is 5.93. The maximum Gasteiger partial charge on any atom is 0.375 e. The Morgan fingerprint density at radius 1 is 1.45 bits per heavy atom. The molecule has 3 atom stereocenters. The number of nitrogens with zero attached hydrogens (tertiary/aromatic N) is 3. The molecule has 2 aliphatic rings. The SMILES string of the molecule is CON=C(C(=O)N[C@H]1CON(OC(=O)C2CC(C)C(=O)O2)C1=O)c1csc(N)n1. The molecule has 2 fully saturated rings. The molecule has 0 aromatic carbocycles.